The molecule has 0 aliphatic heterocycles. The lowest BCUT2D eigenvalue weighted by Crippen LogP contribution is -2.34. The number of hydrogen-bond donors (Lipinski definition) is 2. The van der Waals surface area contributed by atoms with E-state index in [4.69, 9.17) is 33.0 Å². The van der Waals surface area contributed by atoms with E-state index in [1.54, 1.807) is 31.4 Å². The summed E-state index contributed by atoms with van der Waals surface area (Å²) in [7, 11) is 1.55. The monoisotopic (exact) mass is 451 g/mol. The standard InChI is InChI=1S/C23H18ClN3O3S/c1-13-7-9-15(16(24)11-13)21(28)27-23(31)26-18-12-14(8-10-19(18)29-2)22-25-17-5-3-4-6-20(17)30-22/h3-12H,1-2H3,(H2,26,27,28,31). The minimum atomic E-state index is -0.406. The fraction of sp³-hybridized carbons (Fsp3) is 0.0870. The van der Waals surface area contributed by atoms with Gasteiger partial charge in [0.2, 0.25) is 5.89 Å². The highest BCUT2D eigenvalue weighted by atomic mass is 35.5. The van der Waals surface area contributed by atoms with Crippen LogP contribution in [0.15, 0.2) is 65.1 Å². The molecule has 31 heavy (non-hydrogen) atoms. The molecule has 1 aromatic heterocycles. The van der Waals surface area contributed by atoms with Gasteiger partial charge >= 0.3 is 0 Å². The molecule has 0 unspecified atom stereocenters. The predicted molar refractivity (Wildman–Crippen MR) is 126 cm³/mol. The van der Waals surface area contributed by atoms with E-state index in [0.717, 1.165) is 16.6 Å². The van der Waals surface area contributed by atoms with Crippen molar-refractivity contribution in [3.05, 3.63) is 76.8 Å². The summed E-state index contributed by atoms with van der Waals surface area (Å²) in [5, 5.41) is 6.10. The van der Waals surface area contributed by atoms with Crippen LogP contribution in [0.3, 0.4) is 0 Å². The van der Waals surface area contributed by atoms with Gasteiger partial charge in [-0.1, -0.05) is 29.8 Å². The van der Waals surface area contributed by atoms with Crippen molar-refractivity contribution in [1.82, 2.24) is 10.3 Å². The maximum absolute atomic E-state index is 12.5. The van der Waals surface area contributed by atoms with Gasteiger partial charge in [0.1, 0.15) is 11.3 Å². The number of thiocarbonyl (C=S) groups is 1. The number of aryl methyl sites for hydroxylation is 1. The molecule has 1 heterocycles. The molecule has 0 radical (unpaired) electrons. The van der Waals surface area contributed by atoms with Crippen LogP contribution in [0.1, 0.15) is 15.9 Å². The summed E-state index contributed by atoms with van der Waals surface area (Å²) in [4.78, 5) is 17.1. The number of oxazole rings is 1. The van der Waals surface area contributed by atoms with E-state index in [0.29, 0.717) is 33.5 Å². The van der Waals surface area contributed by atoms with Gasteiger partial charge < -0.3 is 14.5 Å². The topological polar surface area (TPSA) is 76.4 Å². The van der Waals surface area contributed by atoms with Crippen molar-refractivity contribution in [2.45, 2.75) is 6.92 Å². The Kier molecular flexibility index (Phi) is 5.88. The number of amides is 1. The SMILES string of the molecule is COc1ccc(-c2nc3ccccc3o2)cc1NC(=S)NC(=O)c1ccc(C)cc1Cl. The zero-order chi connectivity index (χ0) is 22.0. The molecule has 0 bridgehead atoms. The zero-order valence-corrected chi connectivity index (χ0v) is 18.3. The predicted octanol–water partition coefficient (Wildman–Crippen LogP) is 5.59. The minimum absolute atomic E-state index is 0.106. The second-order valence-corrected chi connectivity index (χ2v) is 7.61. The first-order chi connectivity index (χ1) is 14.9. The van der Waals surface area contributed by atoms with Gasteiger partial charge in [0, 0.05) is 5.56 Å². The van der Waals surface area contributed by atoms with Crippen molar-refractivity contribution >= 4 is 51.6 Å². The summed E-state index contributed by atoms with van der Waals surface area (Å²) >= 11 is 11.5. The molecule has 0 atom stereocenters. The number of anilines is 1. The van der Waals surface area contributed by atoms with Crippen LogP contribution in [-0.2, 0) is 0 Å². The van der Waals surface area contributed by atoms with Gasteiger partial charge in [0.05, 0.1) is 23.4 Å². The van der Waals surface area contributed by atoms with Crippen molar-refractivity contribution in [3.63, 3.8) is 0 Å². The van der Waals surface area contributed by atoms with Gasteiger partial charge in [0.25, 0.3) is 5.91 Å². The Morgan fingerprint density at radius 2 is 1.94 bits per heavy atom. The molecule has 156 valence electrons. The molecule has 0 saturated carbocycles. The lowest BCUT2D eigenvalue weighted by atomic mass is 10.1. The zero-order valence-electron chi connectivity index (χ0n) is 16.7. The van der Waals surface area contributed by atoms with Crippen LogP contribution in [0.2, 0.25) is 5.02 Å². The Morgan fingerprint density at radius 3 is 2.68 bits per heavy atom. The number of para-hydroxylation sites is 2. The first-order valence-electron chi connectivity index (χ1n) is 9.37. The third-order valence-electron chi connectivity index (χ3n) is 4.58. The average molecular weight is 452 g/mol. The lowest BCUT2D eigenvalue weighted by molar-refractivity contribution is 0.0978. The Labute approximate surface area is 189 Å². The minimum Gasteiger partial charge on any atom is -0.495 e. The Bertz CT molecular complexity index is 1270. The Balaban J connectivity index is 1.56. The molecule has 0 aliphatic rings. The Hall–Kier alpha value is -3.42. The third-order valence-corrected chi connectivity index (χ3v) is 5.10. The average Bonchev–Trinajstić information content (AvgIpc) is 3.17. The molecule has 0 aliphatic carbocycles. The number of nitrogens with zero attached hydrogens (tertiary/aromatic N) is 1. The molecule has 0 saturated heterocycles. The fourth-order valence-electron chi connectivity index (χ4n) is 3.06. The highest BCUT2D eigenvalue weighted by molar-refractivity contribution is 7.80. The van der Waals surface area contributed by atoms with E-state index >= 15 is 0 Å². The summed E-state index contributed by atoms with van der Waals surface area (Å²) in [6.07, 6.45) is 0. The molecule has 4 aromatic rings. The summed E-state index contributed by atoms with van der Waals surface area (Å²) in [5.74, 6) is 0.606. The highest BCUT2D eigenvalue weighted by Crippen LogP contribution is 2.32. The van der Waals surface area contributed by atoms with E-state index in [2.05, 4.69) is 15.6 Å². The summed E-state index contributed by atoms with van der Waals surface area (Å²) in [6.45, 7) is 1.90. The van der Waals surface area contributed by atoms with Crippen molar-refractivity contribution in [3.8, 4) is 17.2 Å². The Morgan fingerprint density at radius 1 is 1.13 bits per heavy atom. The number of ether oxygens (including phenoxy) is 1. The summed E-state index contributed by atoms with van der Waals surface area (Å²) < 4.78 is 11.2. The maximum Gasteiger partial charge on any atom is 0.258 e. The van der Waals surface area contributed by atoms with Crippen LogP contribution in [0, 0.1) is 6.92 Å². The molecule has 0 spiro atoms. The first-order valence-corrected chi connectivity index (χ1v) is 10.2. The number of fused-ring (bicyclic) bond motifs is 1. The van der Waals surface area contributed by atoms with Gasteiger partial charge in [-0.25, -0.2) is 4.98 Å². The summed E-state index contributed by atoms with van der Waals surface area (Å²) in [5.41, 5.74) is 4.05. The number of halogens is 1. The number of methoxy groups -OCH3 is 1. The van der Waals surface area contributed by atoms with Crippen LogP contribution >= 0.6 is 23.8 Å². The lowest BCUT2D eigenvalue weighted by Gasteiger charge is -2.14. The molecule has 1 amide bonds. The number of hydrogen-bond acceptors (Lipinski definition) is 5. The molecule has 0 fully saturated rings. The van der Waals surface area contributed by atoms with Crippen molar-refractivity contribution in [2.75, 3.05) is 12.4 Å². The molecular weight excluding hydrogens is 434 g/mol. The maximum atomic E-state index is 12.5. The van der Waals surface area contributed by atoms with Crippen molar-refractivity contribution in [2.24, 2.45) is 0 Å². The van der Waals surface area contributed by atoms with Gasteiger partial charge in [-0.3, -0.25) is 10.1 Å². The fourth-order valence-corrected chi connectivity index (χ4v) is 3.59. The van der Waals surface area contributed by atoms with Crippen LogP contribution in [0.5, 0.6) is 5.75 Å². The van der Waals surface area contributed by atoms with E-state index in [1.807, 2.05) is 43.3 Å². The quantitative estimate of drug-likeness (QED) is 0.394. The van der Waals surface area contributed by atoms with Gasteiger partial charge in [-0.05, 0) is 67.2 Å². The van der Waals surface area contributed by atoms with Crippen LogP contribution in [0.25, 0.3) is 22.6 Å². The van der Waals surface area contributed by atoms with Crippen LogP contribution in [-0.4, -0.2) is 23.1 Å². The number of benzene rings is 3. The molecule has 8 heteroatoms. The first kappa shape index (κ1) is 20.8. The van der Waals surface area contributed by atoms with Crippen LogP contribution < -0.4 is 15.4 Å². The summed E-state index contributed by atoms with van der Waals surface area (Å²) in [6, 6.07) is 18.1. The van der Waals surface area contributed by atoms with Gasteiger partial charge in [0.15, 0.2) is 10.7 Å². The largest absolute Gasteiger partial charge is 0.495 e. The normalized spacial score (nSPS) is 10.7. The number of rotatable bonds is 4. The molecule has 6 nitrogen and oxygen atoms in total. The number of nitrogens with one attached hydrogen (secondary N) is 2. The third kappa shape index (κ3) is 4.52. The number of carbonyl (C=O) groups is 1. The van der Waals surface area contributed by atoms with E-state index in [-0.39, 0.29) is 5.11 Å². The smallest absolute Gasteiger partial charge is 0.258 e. The molecule has 3 aromatic carbocycles. The second-order valence-electron chi connectivity index (χ2n) is 6.79. The van der Waals surface area contributed by atoms with Gasteiger partial charge in [-0.2, -0.15) is 0 Å². The van der Waals surface area contributed by atoms with Crippen LogP contribution in [0.4, 0.5) is 5.69 Å². The second kappa shape index (κ2) is 8.75. The molecule has 4 rings (SSSR count). The number of carbonyl (C=O) groups excluding carboxylic acids is 1. The number of aromatic nitrogens is 1. The van der Waals surface area contributed by atoms with E-state index in [1.165, 1.54) is 0 Å². The van der Waals surface area contributed by atoms with Gasteiger partial charge in [-0.15, -0.1) is 0 Å². The molecule has 2 N–H and O–H groups in total. The van der Waals surface area contributed by atoms with E-state index in [9.17, 15) is 4.79 Å². The van der Waals surface area contributed by atoms with Crippen molar-refractivity contribution in [1.29, 1.82) is 0 Å². The molecular formula is C23H18ClN3O3S. The van der Waals surface area contributed by atoms with Crippen molar-refractivity contribution < 1.29 is 13.9 Å². The van der Waals surface area contributed by atoms with E-state index < -0.39 is 5.91 Å². The highest BCUT2D eigenvalue weighted by Gasteiger charge is 2.15.